The van der Waals surface area contributed by atoms with Crippen LogP contribution in [0.5, 0.6) is 0 Å². The van der Waals surface area contributed by atoms with Crippen molar-refractivity contribution in [2.75, 3.05) is 20.2 Å². The Bertz CT molecular complexity index is 571. The van der Waals surface area contributed by atoms with Crippen molar-refractivity contribution < 1.29 is 4.74 Å². The predicted octanol–water partition coefficient (Wildman–Crippen LogP) is 4.73. The smallest absolute Gasteiger partial charge is 0.0934 e. The number of benzene rings is 1. The number of fused-ring (bicyclic) bond motifs is 2. The lowest BCUT2D eigenvalue weighted by Crippen LogP contribution is -2.35. The van der Waals surface area contributed by atoms with Crippen molar-refractivity contribution in [1.82, 2.24) is 4.90 Å². The summed E-state index contributed by atoms with van der Waals surface area (Å²) in [4.78, 5) is 6.80. The van der Waals surface area contributed by atoms with Crippen molar-refractivity contribution in [2.45, 2.75) is 64.4 Å². The number of rotatable bonds is 3. The normalized spacial score (nSPS) is 20.5. The quantitative estimate of drug-likeness (QED) is 0.595. The van der Waals surface area contributed by atoms with Crippen LogP contribution in [-0.2, 0) is 16.8 Å². The third-order valence-corrected chi connectivity index (χ3v) is 5.47. The lowest BCUT2D eigenvalue weighted by molar-refractivity contribution is -0.0712. The Labute approximate surface area is 140 Å². The molecule has 0 unspecified atom stereocenters. The van der Waals surface area contributed by atoms with Crippen molar-refractivity contribution in [3.05, 3.63) is 28.8 Å². The molecule has 2 aliphatic rings. The van der Waals surface area contributed by atoms with Crippen LogP contribution < -0.4 is 0 Å². The molecule has 1 spiro atoms. The van der Waals surface area contributed by atoms with Gasteiger partial charge in [-0.05, 0) is 55.9 Å². The summed E-state index contributed by atoms with van der Waals surface area (Å²) >= 11 is 0. The van der Waals surface area contributed by atoms with Gasteiger partial charge in [-0.25, -0.2) is 4.99 Å². The van der Waals surface area contributed by atoms with Crippen molar-refractivity contribution in [2.24, 2.45) is 4.99 Å². The fraction of sp³-hybridized carbons (Fsp3) is 0.650. The molecule has 1 saturated carbocycles. The van der Waals surface area contributed by atoms with E-state index in [0.717, 1.165) is 25.3 Å². The summed E-state index contributed by atoms with van der Waals surface area (Å²) in [7, 11) is 2.06. The van der Waals surface area contributed by atoms with Crippen LogP contribution >= 0.6 is 0 Å². The number of hydrogen-bond acceptors (Lipinski definition) is 2. The molecule has 1 aliphatic heterocycles. The zero-order chi connectivity index (χ0) is 16.3. The van der Waals surface area contributed by atoms with Gasteiger partial charge in [-0.15, -0.1) is 0 Å². The minimum atomic E-state index is -0.0166. The van der Waals surface area contributed by atoms with E-state index in [1.54, 1.807) is 0 Å². The summed E-state index contributed by atoms with van der Waals surface area (Å²) in [6.45, 7) is 6.15. The lowest BCUT2D eigenvalue weighted by atomic mass is 9.80. The van der Waals surface area contributed by atoms with Crippen molar-refractivity contribution in [3.63, 3.8) is 0 Å². The molecule has 0 bridgehead atoms. The molecule has 0 N–H and O–H groups in total. The maximum atomic E-state index is 6.38. The van der Waals surface area contributed by atoms with Gasteiger partial charge in [0.05, 0.1) is 24.2 Å². The Hall–Kier alpha value is -1.35. The summed E-state index contributed by atoms with van der Waals surface area (Å²) < 4.78 is 6.38. The second-order valence-corrected chi connectivity index (χ2v) is 7.12. The molecule has 1 heterocycles. The predicted molar refractivity (Wildman–Crippen MR) is 96.7 cm³/mol. The van der Waals surface area contributed by atoms with E-state index in [2.05, 4.69) is 37.9 Å². The number of aliphatic imine (C=N–C) groups is 1. The Kier molecular flexibility index (Phi) is 5.05. The molecule has 126 valence electrons. The Morgan fingerprint density at radius 3 is 2.65 bits per heavy atom. The van der Waals surface area contributed by atoms with E-state index in [0.29, 0.717) is 0 Å². The van der Waals surface area contributed by atoms with E-state index in [-0.39, 0.29) is 5.60 Å². The highest BCUT2D eigenvalue weighted by molar-refractivity contribution is 5.64. The van der Waals surface area contributed by atoms with Gasteiger partial charge in [0.2, 0.25) is 0 Å². The molecule has 0 amide bonds. The SMILES string of the molecule is CCN(C)C=Nc1cc2c(cc1C)C1(CCCCCC1)OCC2. The van der Waals surface area contributed by atoms with Gasteiger partial charge in [0.25, 0.3) is 0 Å². The van der Waals surface area contributed by atoms with Crippen LogP contribution in [0.4, 0.5) is 5.69 Å². The van der Waals surface area contributed by atoms with E-state index < -0.39 is 0 Å². The summed E-state index contributed by atoms with van der Waals surface area (Å²) in [5.41, 5.74) is 5.26. The maximum Gasteiger partial charge on any atom is 0.0934 e. The van der Waals surface area contributed by atoms with Gasteiger partial charge in [-0.2, -0.15) is 0 Å². The van der Waals surface area contributed by atoms with Gasteiger partial charge in [-0.3, -0.25) is 0 Å². The minimum Gasteiger partial charge on any atom is -0.370 e. The van der Waals surface area contributed by atoms with Gasteiger partial charge in [-0.1, -0.05) is 31.7 Å². The Morgan fingerprint density at radius 2 is 1.96 bits per heavy atom. The van der Waals surface area contributed by atoms with Crippen molar-refractivity contribution >= 4 is 12.0 Å². The third kappa shape index (κ3) is 3.45. The van der Waals surface area contributed by atoms with Gasteiger partial charge >= 0.3 is 0 Å². The maximum absolute atomic E-state index is 6.38. The molecule has 23 heavy (non-hydrogen) atoms. The first-order valence-corrected chi connectivity index (χ1v) is 9.17. The highest BCUT2D eigenvalue weighted by atomic mass is 16.5. The van der Waals surface area contributed by atoms with Crippen LogP contribution in [0.15, 0.2) is 17.1 Å². The number of ether oxygens (including phenoxy) is 1. The average Bonchev–Trinajstić information content (AvgIpc) is 2.80. The first-order chi connectivity index (χ1) is 11.1. The highest BCUT2D eigenvalue weighted by Gasteiger charge is 2.38. The third-order valence-electron chi connectivity index (χ3n) is 5.47. The molecular formula is C20H30N2O. The largest absolute Gasteiger partial charge is 0.370 e. The molecule has 1 fully saturated rings. The molecule has 3 rings (SSSR count). The van der Waals surface area contributed by atoms with E-state index in [9.17, 15) is 0 Å². The van der Waals surface area contributed by atoms with Crippen LogP contribution in [0.25, 0.3) is 0 Å². The first-order valence-electron chi connectivity index (χ1n) is 9.17. The molecule has 0 radical (unpaired) electrons. The van der Waals surface area contributed by atoms with Crippen LogP contribution in [0.3, 0.4) is 0 Å². The van der Waals surface area contributed by atoms with Crippen molar-refractivity contribution in [3.8, 4) is 0 Å². The number of nitrogens with zero attached hydrogens (tertiary/aromatic N) is 2. The van der Waals surface area contributed by atoms with Crippen LogP contribution in [0.2, 0.25) is 0 Å². The van der Waals surface area contributed by atoms with Gasteiger partial charge < -0.3 is 9.64 Å². The Balaban J connectivity index is 1.95. The van der Waals surface area contributed by atoms with E-state index in [1.807, 2.05) is 6.34 Å². The topological polar surface area (TPSA) is 24.8 Å². The fourth-order valence-electron chi connectivity index (χ4n) is 3.90. The molecule has 0 atom stereocenters. The van der Waals surface area contributed by atoms with Gasteiger partial charge in [0.15, 0.2) is 0 Å². The molecule has 1 aromatic carbocycles. The Morgan fingerprint density at radius 1 is 1.22 bits per heavy atom. The van der Waals surface area contributed by atoms with E-state index >= 15 is 0 Å². The summed E-state index contributed by atoms with van der Waals surface area (Å²) in [5.74, 6) is 0. The van der Waals surface area contributed by atoms with E-state index in [1.165, 1.54) is 55.2 Å². The lowest BCUT2D eigenvalue weighted by Gasteiger charge is -2.39. The highest BCUT2D eigenvalue weighted by Crippen LogP contribution is 2.45. The summed E-state index contributed by atoms with van der Waals surface area (Å²) in [6.07, 6.45) is 10.6. The molecule has 3 heteroatoms. The fourth-order valence-corrected chi connectivity index (χ4v) is 3.90. The monoisotopic (exact) mass is 314 g/mol. The summed E-state index contributed by atoms with van der Waals surface area (Å²) in [5, 5.41) is 0. The summed E-state index contributed by atoms with van der Waals surface area (Å²) in [6, 6.07) is 4.66. The molecule has 0 aromatic heterocycles. The van der Waals surface area contributed by atoms with Crippen LogP contribution in [0.1, 0.15) is 62.1 Å². The average molecular weight is 314 g/mol. The van der Waals surface area contributed by atoms with Crippen molar-refractivity contribution in [1.29, 1.82) is 0 Å². The second-order valence-electron chi connectivity index (χ2n) is 7.12. The second kappa shape index (κ2) is 7.04. The van der Waals surface area contributed by atoms with Crippen LogP contribution in [0, 0.1) is 6.92 Å². The van der Waals surface area contributed by atoms with E-state index in [4.69, 9.17) is 9.73 Å². The van der Waals surface area contributed by atoms with Gasteiger partial charge in [0, 0.05) is 13.6 Å². The molecule has 3 nitrogen and oxygen atoms in total. The zero-order valence-corrected chi connectivity index (χ0v) is 14.9. The standard InChI is InChI=1S/C20H30N2O/c1-4-22(3)15-21-19-14-17-9-12-23-20(18(17)13-16(19)2)10-7-5-6-8-11-20/h13-15H,4-12H2,1-3H3. The molecule has 0 saturated heterocycles. The number of aryl methyl sites for hydroxylation is 1. The van der Waals surface area contributed by atoms with Crippen LogP contribution in [-0.4, -0.2) is 31.4 Å². The minimum absolute atomic E-state index is 0.0166. The molecular weight excluding hydrogens is 284 g/mol. The number of hydrogen-bond donors (Lipinski definition) is 0. The first kappa shape index (κ1) is 16.5. The molecule has 1 aromatic rings. The zero-order valence-electron chi connectivity index (χ0n) is 14.9. The molecule has 1 aliphatic carbocycles. The van der Waals surface area contributed by atoms with Gasteiger partial charge in [0.1, 0.15) is 0 Å².